The number of non-ortho nitro benzene ring substituents is 1. The lowest BCUT2D eigenvalue weighted by atomic mass is 10.0. The van der Waals surface area contributed by atoms with Gasteiger partial charge < -0.3 is 9.47 Å². The van der Waals surface area contributed by atoms with Gasteiger partial charge in [-0.2, -0.15) is 0 Å². The second-order valence-corrected chi connectivity index (χ2v) is 8.12. The van der Waals surface area contributed by atoms with E-state index in [1.807, 2.05) is 54.6 Å². The predicted octanol–water partition coefficient (Wildman–Crippen LogP) is 6.31. The molecule has 1 aliphatic heterocycles. The summed E-state index contributed by atoms with van der Waals surface area (Å²) in [6.07, 6.45) is 1.50. The Morgan fingerprint density at radius 2 is 1.47 bits per heavy atom. The molecule has 0 saturated heterocycles. The van der Waals surface area contributed by atoms with Crippen molar-refractivity contribution < 1.29 is 24.1 Å². The molecule has 10 heteroatoms. The molecule has 1 aliphatic rings. The van der Waals surface area contributed by atoms with Gasteiger partial charge in [-0.05, 0) is 53.1 Å². The Labute approximate surface area is 215 Å². The van der Waals surface area contributed by atoms with Gasteiger partial charge >= 0.3 is 11.7 Å². The van der Waals surface area contributed by atoms with Crippen molar-refractivity contribution in [2.24, 2.45) is 4.99 Å². The molecule has 0 amide bonds. The molecule has 0 N–H and O–H groups in total. The highest BCUT2D eigenvalue weighted by Gasteiger charge is 2.25. The van der Waals surface area contributed by atoms with Gasteiger partial charge in [0.25, 0.3) is 5.69 Å². The van der Waals surface area contributed by atoms with Crippen molar-refractivity contribution in [3.63, 3.8) is 0 Å². The Hall–Kier alpha value is -5.64. The van der Waals surface area contributed by atoms with Crippen LogP contribution in [0.4, 0.5) is 11.4 Å². The smallest absolute Gasteiger partial charge is 0.363 e. The number of cyclic esters (lactones) is 1. The Kier molecular flexibility index (Phi) is 6.43. The Bertz CT molecular complexity index is 1630. The minimum Gasteiger partial charge on any atom is -0.450 e. The maximum atomic E-state index is 12.5. The van der Waals surface area contributed by atoms with E-state index in [2.05, 4.69) is 4.99 Å². The molecule has 0 radical (unpaired) electrons. The van der Waals surface area contributed by atoms with E-state index in [1.165, 1.54) is 6.08 Å². The van der Waals surface area contributed by atoms with Crippen LogP contribution in [-0.2, 0) is 9.53 Å². The van der Waals surface area contributed by atoms with Crippen LogP contribution in [0, 0.1) is 20.2 Å². The Morgan fingerprint density at radius 3 is 2.18 bits per heavy atom. The van der Waals surface area contributed by atoms with E-state index in [9.17, 15) is 25.0 Å². The minimum absolute atomic E-state index is 0.0746. The highest BCUT2D eigenvalue weighted by atomic mass is 16.6. The van der Waals surface area contributed by atoms with Crippen molar-refractivity contribution >= 4 is 29.3 Å². The average molecular weight is 507 g/mol. The summed E-state index contributed by atoms with van der Waals surface area (Å²) < 4.78 is 11.0. The van der Waals surface area contributed by atoms with E-state index in [0.717, 1.165) is 29.3 Å². The molecule has 0 spiro atoms. The number of nitro groups is 2. The van der Waals surface area contributed by atoms with Crippen LogP contribution in [0.5, 0.6) is 11.5 Å². The van der Waals surface area contributed by atoms with Crippen LogP contribution in [-0.4, -0.2) is 21.7 Å². The first-order valence-corrected chi connectivity index (χ1v) is 11.3. The number of esters is 1. The fourth-order valence-corrected chi connectivity index (χ4v) is 3.77. The molecule has 0 unspecified atom stereocenters. The molecule has 0 bridgehead atoms. The fraction of sp³-hybridized carbons (Fsp3) is 0. The first kappa shape index (κ1) is 24.1. The predicted molar refractivity (Wildman–Crippen MR) is 139 cm³/mol. The first-order chi connectivity index (χ1) is 18.4. The summed E-state index contributed by atoms with van der Waals surface area (Å²) in [5.41, 5.74) is 2.35. The van der Waals surface area contributed by atoms with Crippen LogP contribution >= 0.6 is 0 Å². The van der Waals surface area contributed by atoms with E-state index in [1.54, 1.807) is 24.3 Å². The number of aliphatic imine (C=N–C) groups is 1. The number of benzene rings is 4. The lowest BCUT2D eigenvalue weighted by Gasteiger charge is -2.07. The highest BCUT2D eigenvalue weighted by molar-refractivity contribution is 6.13. The van der Waals surface area contributed by atoms with Crippen molar-refractivity contribution in [3.8, 4) is 22.6 Å². The van der Waals surface area contributed by atoms with Gasteiger partial charge in [-0.15, -0.1) is 0 Å². The van der Waals surface area contributed by atoms with E-state index in [-0.39, 0.29) is 23.1 Å². The number of nitrogens with zero attached hydrogens (tertiary/aromatic N) is 3. The molecule has 186 valence electrons. The molecular formula is C28H17N3O7. The second-order valence-electron chi connectivity index (χ2n) is 8.12. The van der Waals surface area contributed by atoms with E-state index in [0.29, 0.717) is 11.1 Å². The normalized spacial score (nSPS) is 13.6. The summed E-state index contributed by atoms with van der Waals surface area (Å²) in [6, 6.07) is 26.9. The van der Waals surface area contributed by atoms with Gasteiger partial charge in [0.15, 0.2) is 5.70 Å². The van der Waals surface area contributed by atoms with E-state index < -0.39 is 27.2 Å². The molecule has 5 rings (SSSR count). The summed E-state index contributed by atoms with van der Waals surface area (Å²) in [5, 5.41) is 22.3. The lowest BCUT2D eigenvalue weighted by molar-refractivity contribution is -0.394. The maximum absolute atomic E-state index is 12.5. The molecular weight excluding hydrogens is 490 g/mol. The molecule has 0 aromatic heterocycles. The van der Waals surface area contributed by atoms with Crippen molar-refractivity contribution in [2.75, 3.05) is 0 Å². The number of hydrogen-bond donors (Lipinski definition) is 0. The number of nitro benzene ring substituents is 2. The van der Waals surface area contributed by atoms with Crippen molar-refractivity contribution in [2.45, 2.75) is 0 Å². The summed E-state index contributed by atoms with van der Waals surface area (Å²) in [7, 11) is 0. The molecule has 4 aromatic rings. The standard InChI is InChI=1S/C28H17N3O7/c32-28-24(29-27(38-28)21-11-9-20(10-12-21)19-6-2-1-3-7-19)16-18-5-4-8-23(15-18)37-26-14-13-22(30(33)34)17-25(26)31(35)36/h1-17H/b24-16-. The van der Waals surface area contributed by atoms with Gasteiger partial charge in [0.2, 0.25) is 11.6 Å². The number of rotatable bonds is 7. The third-order valence-corrected chi connectivity index (χ3v) is 5.60. The summed E-state index contributed by atoms with van der Waals surface area (Å²) >= 11 is 0. The lowest BCUT2D eigenvalue weighted by Crippen LogP contribution is -2.05. The summed E-state index contributed by atoms with van der Waals surface area (Å²) in [6.45, 7) is 0. The summed E-state index contributed by atoms with van der Waals surface area (Å²) in [5.74, 6) is -0.382. The number of ether oxygens (including phenoxy) is 2. The number of hydrogen-bond acceptors (Lipinski definition) is 8. The first-order valence-electron chi connectivity index (χ1n) is 11.3. The van der Waals surface area contributed by atoms with Crippen LogP contribution < -0.4 is 4.74 Å². The van der Waals surface area contributed by atoms with Crippen LogP contribution in [0.1, 0.15) is 11.1 Å². The SMILES string of the molecule is O=C1OC(c2ccc(-c3ccccc3)cc2)=N/C1=C\c1cccc(Oc2ccc([N+](=O)[O-])cc2[N+](=O)[O-])c1. The molecule has 0 atom stereocenters. The third kappa shape index (κ3) is 5.14. The number of carbonyl (C=O) groups is 1. The largest absolute Gasteiger partial charge is 0.450 e. The second kappa shape index (κ2) is 10.2. The van der Waals surface area contributed by atoms with Crippen LogP contribution in [0.15, 0.2) is 108 Å². The molecule has 38 heavy (non-hydrogen) atoms. The quantitative estimate of drug-likeness (QED) is 0.124. The molecule has 0 fully saturated rings. The Morgan fingerprint density at radius 1 is 0.763 bits per heavy atom. The highest BCUT2D eigenvalue weighted by Crippen LogP contribution is 2.35. The number of carbonyl (C=O) groups excluding carboxylic acids is 1. The topological polar surface area (TPSA) is 134 Å². The van der Waals surface area contributed by atoms with Gasteiger partial charge in [0.1, 0.15) is 5.75 Å². The van der Waals surface area contributed by atoms with Crippen LogP contribution in [0.2, 0.25) is 0 Å². The van der Waals surface area contributed by atoms with Gasteiger partial charge in [-0.25, -0.2) is 9.79 Å². The average Bonchev–Trinajstić information content (AvgIpc) is 3.29. The zero-order chi connectivity index (χ0) is 26.6. The zero-order valence-electron chi connectivity index (χ0n) is 19.5. The molecule has 0 saturated carbocycles. The zero-order valence-corrected chi connectivity index (χ0v) is 19.5. The van der Waals surface area contributed by atoms with E-state index >= 15 is 0 Å². The van der Waals surface area contributed by atoms with E-state index in [4.69, 9.17) is 9.47 Å². The molecule has 10 nitrogen and oxygen atoms in total. The van der Waals surface area contributed by atoms with Gasteiger partial charge in [-0.3, -0.25) is 20.2 Å². The minimum atomic E-state index is -0.759. The van der Waals surface area contributed by atoms with Gasteiger partial charge in [0.05, 0.1) is 15.9 Å². The Balaban J connectivity index is 1.37. The van der Waals surface area contributed by atoms with Crippen molar-refractivity contribution in [1.82, 2.24) is 0 Å². The third-order valence-electron chi connectivity index (χ3n) is 5.60. The molecule has 4 aromatic carbocycles. The van der Waals surface area contributed by atoms with Gasteiger partial charge in [-0.1, -0.05) is 54.6 Å². The molecule has 0 aliphatic carbocycles. The van der Waals surface area contributed by atoms with Crippen molar-refractivity contribution in [3.05, 3.63) is 134 Å². The maximum Gasteiger partial charge on any atom is 0.363 e. The van der Waals surface area contributed by atoms with Crippen LogP contribution in [0.25, 0.3) is 17.2 Å². The van der Waals surface area contributed by atoms with Gasteiger partial charge in [0, 0.05) is 11.6 Å². The summed E-state index contributed by atoms with van der Waals surface area (Å²) in [4.78, 5) is 37.7. The van der Waals surface area contributed by atoms with Crippen LogP contribution in [0.3, 0.4) is 0 Å². The molecule has 1 heterocycles. The van der Waals surface area contributed by atoms with Crippen molar-refractivity contribution in [1.29, 1.82) is 0 Å². The monoisotopic (exact) mass is 507 g/mol. The fourth-order valence-electron chi connectivity index (χ4n) is 3.77.